The number of nitrogens with one attached hydrogen (secondary N) is 1. The number of hydrogen-bond acceptors (Lipinski definition) is 8. The van der Waals surface area contributed by atoms with Gasteiger partial charge >= 0.3 is 11.9 Å². The summed E-state index contributed by atoms with van der Waals surface area (Å²) in [5, 5.41) is 30.3. The molecule has 37 heavy (non-hydrogen) atoms. The quantitative estimate of drug-likeness (QED) is 0.161. The molecule has 2 aromatic carbocycles. The zero-order valence-corrected chi connectivity index (χ0v) is 20.8. The van der Waals surface area contributed by atoms with E-state index in [2.05, 4.69) is 10.2 Å². The molecule has 0 spiro atoms. The Labute approximate surface area is 214 Å². The number of carboxylic acids is 2. The van der Waals surface area contributed by atoms with E-state index in [0.717, 1.165) is 35.6 Å². The van der Waals surface area contributed by atoms with Crippen molar-refractivity contribution in [2.75, 3.05) is 27.2 Å². The van der Waals surface area contributed by atoms with Crippen molar-refractivity contribution in [3.8, 4) is 22.6 Å². The zero-order chi connectivity index (χ0) is 27.4. The number of likely N-dealkylation sites (N-methyl/N-ethyl adjacent to an activating group) is 1. The number of nitrogens with zero attached hydrogens (tertiary/aromatic N) is 4. The summed E-state index contributed by atoms with van der Waals surface area (Å²) in [6.07, 6.45) is 1.12. The van der Waals surface area contributed by atoms with E-state index in [-0.39, 0.29) is 10.6 Å². The highest BCUT2D eigenvalue weighted by molar-refractivity contribution is 5.89. The van der Waals surface area contributed by atoms with Crippen LogP contribution in [0.25, 0.3) is 22.6 Å². The molecule has 194 valence electrons. The highest BCUT2D eigenvalue weighted by atomic mass is 16.6. The van der Waals surface area contributed by atoms with Gasteiger partial charge in [-0.2, -0.15) is 0 Å². The smallest absolute Gasteiger partial charge is 0.328 e. The van der Waals surface area contributed by atoms with Gasteiger partial charge in [0.1, 0.15) is 0 Å². The standard InChI is InChI=1S/C22H25N5O2.C4H4O4/c1-16-20(15-23-12-13-26(2)3)21(18-10-7-11-19(14-18)27(28)29)25-22(24-16)17-8-5-4-6-9-17;5-3(6)1-2-4(7)8/h4-11,14,23H,12-13,15H2,1-3H3;1-2H,(H,5,6)(H,7,8)/b;2-1+. The summed E-state index contributed by atoms with van der Waals surface area (Å²) in [5.74, 6) is -1.90. The van der Waals surface area contributed by atoms with Crippen molar-refractivity contribution in [3.63, 3.8) is 0 Å². The fraction of sp³-hybridized carbons (Fsp3) is 0.231. The van der Waals surface area contributed by atoms with E-state index in [1.807, 2.05) is 57.4 Å². The van der Waals surface area contributed by atoms with Gasteiger partial charge in [-0.05, 0) is 21.0 Å². The molecule has 3 N–H and O–H groups in total. The molecule has 0 atom stereocenters. The number of carbonyl (C=O) groups is 2. The molecule has 1 heterocycles. The number of hydrogen-bond donors (Lipinski definition) is 3. The number of aromatic nitrogens is 2. The lowest BCUT2D eigenvalue weighted by atomic mass is 10.0. The van der Waals surface area contributed by atoms with Gasteiger partial charge in [-0.3, -0.25) is 10.1 Å². The fourth-order valence-electron chi connectivity index (χ4n) is 3.19. The maximum atomic E-state index is 11.3. The van der Waals surface area contributed by atoms with Crippen LogP contribution in [0.15, 0.2) is 66.7 Å². The predicted molar refractivity (Wildman–Crippen MR) is 139 cm³/mol. The van der Waals surface area contributed by atoms with Gasteiger partial charge in [-0.15, -0.1) is 0 Å². The number of non-ortho nitro benzene ring substituents is 1. The first-order valence-electron chi connectivity index (χ1n) is 11.3. The van der Waals surface area contributed by atoms with Crippen LogP contribution < -0.4 is 5.32 Å². The minimum absolute atomic E-state index is 0.0477. The molecule has 11 heteroatoms. The minimum atomic E-state index is -1.26. The Morgan fingerprint density at radius 3 is 2.19 bits per heavy atom. The third-order valence-electron chi connectivity index (χ3n) is 4.98. The lowest BCUT2D eigenvalue weighted by Gasteiger charge is -2.16. The van der Waals surface area contributed by atoms with Crippen molar-refractivity contribution in [2.45, 2.75) is 13.5 Å². The van der Waals surface area contributed by atoms with Gasteiger partial charge in [0.25, 0.3) is 5.69 Å². The summed E-state index contributed by atoms with van der Waals surface area (Å²) >= 11 is 0. The largest absolute Gasteiger partial charge is 0.478 e. The number of rotatable bonds is 10. The monoisotopic (exact) mass is 507 g/mol. The van der Waals surface area contributed by atoms with E-state index in [0.29, 0.717) is 30.1 Å². The van der Waals surface area contributed by atoms with Crippen LogP contribution in [0.4, 0.5) is 5.69 Å². The molecular weight excluding hydrogens is 478 g/mol. The highest BCUT2D eigenvalue weighted by Crippen LogP contribution is 2.29. The van der Waals surface area contributed by atoms with Crippen molar-refractivity contribution in [3.05, 3.63) is 88.1 Å². The molecule has 3 aromatic rings. The van der Waals surface area contributed by atoms with Crippen molar-refractivity contribution in [1.82, 2.24) is 20.2 Å². The molecule has 0 saturated heterocycles. The topological polar surface area (TPSA) is 159 Å². The summed E-state index contributed by atoms with van der Waals surface area (Å²) in [7, 11) is 4.05. The number of aryl methyl sites for hydroxylation is 1. The van der Waals surface area contributed by atoms with E-state index >= 15 is 0 Å². The Hall–Kier alpha value is -4.48. The highest BCUT2D eigenvalue weighted by Gasteiger charge is 2.16. The molecule has 0 amide bonds. The number of nitro benzene ring substituents is 1. The third kappa shape index (κ3) is 9.59. The second-order valence-electron chi connectivity index (χ2n) is 8.12. The Morgan fingerprint density at radius 1 is 1.00 bits per heavy atom. The molecule has 0 aliphatic rings. The molecule has 0 saturated carbocycles. The van der Waals surface area contributed by atoms with E-state index in [1.54, 1.807) is 12.1 Å². The summed E-state index contributed by atoms with van der Waals surface area (Å²) in [5.41, 5.74) is 4.20. The number of aliphatic carboxylic acids is 2. The summed E-state index contributed by atoms with van der Waals surface area (Å²) in [6, 6.07) is 16.4. The molecule has 0 aliphatic carbocycles. The van der Waals surface area contributed by atoms with Crippen LogP contribution in [0, 0.1) is 17.0 Å². The average Bonchev–Trinajstić information content (AvgIpc) is 2.86. The molecule has 0 aliphatic heterocycles. The van der Waals surface area contributed by atoms with E-state index in [1.165, 1.54) is 6.07 Å². The number of nitro groups is 1. The van der Waals surface area contributed by atoms with E-state index in [9.17, 15) is 19.7 Å². The number of benzene rings is 2. The van der Waals surface area contributed by atoms with Crippen molar-refractivity contribution >= 4 is 17.6 Å². The normalized spacial score (nSPS) is 10.7. The van der Waals surface area contributed by atoms with Gasteiger partial charge < -0.3 is 20.4 Å². The SMILES string of the molecule is Cc1nc(-c2ccccc2)nc(-c2cccc([N+](=O)[O-])c2)c1CNCCN(C)C.O=C(O)/C=C/C(=O)O. The van der Waals surface area contributed by atoms with Crippen LogP contribution >= 0.6 is 0 Å². The molecule has 3 rings (SSSR count). The van der Waals surface area contributed by atoms with Gasteiger partial charge in [0.2, 0.25) is 0 Å². The van der Waals surface area contributed by atoms with Crippen LogP contribution in [0.3, 0.4) is 0 Å². The first kappa shape index (κ1) is 28.8. The minimum Gasteiger partial charge on any atom is -0.478 e. The van der Waals surface area contributed by atoms with Gasteiger partial charge in [0, 0.05) is 66.3 Å². The zero-order valence-electron chi connectivity index (χ0n) is 20.8. The van der Waals surface area contributed by atoms with Gasteiger partial charge in [0.15, 0.2) is 5.82 Å². The van der Waals surface area contributed by atoms with Crippen molar-refractivity contribution in [1.29, 1.82) is 0 Å². The lowest BCUT2D eigenvalue weighted by molar-refractivity contribution is -0.384. The number of carboxylic acid groups (broad SMARTS) is 2. The van der Waals surface area contributed by atoms with Crippen molar-refractivity contribution in [2.24, 2.45) is 0 Å². The summed E-state index contributed by atoms with van der Waals surface area (Å²) < 4.78 is 0. The molecule has 0 radical (unpaired) electrons. The second kappa shape index (κ2) is 14.2. The van der Waals surface area contributed by atoms with E-state index < -0.39 is 11.9 Å². The van der Waals surface area contributed by atoms with Gasteiger partial charge in [-0.25, -0.2) is 19.6 Å². The maximum Gasteiger partial charge on any atom is 0.328 e. The Morgan fingerprint density at radius 2 is 1.62 bits per heavy atom. The molecule has 0 unspecified atom stereocenters. The first-order valence-corrected chi connectivity index (χ1v) is 11.3. The predicted octanol–water partition coefficient (Wildman–Crippen LogP) is 3.39. The second-order valence-corrected chi connectivity index (χ2v) is 8.12. The Bertz CT molecular complexity index is 1250. The molecule has 0 fully saturated rings. The first-order chi connectivity index (χ1) is 17.6. The summed E-state index contributed by atoms with van der Waals surface area (Å²) in [6.45, 7) is 4.28. The third-order valence-corrected chi connectivity index (χ3v) is 4.98. The lowest BCUT2D eigenvalue weighted by Crippen LogP contribution is -2.26. The Balaban J connectivity index is 0.000000521. The summed E-state index contributed by atoms with van der Waals surface area (Å²) in [4.78, 5) is 41.6. The molecule has 0 bridgehead atoms. The average molecular weight is 508 g/mol. The van der Waals surface area contributed by atoms with Gasteiger partial charge in [-0.1, -0.05) is 42.5 Å². The maximum absolute atomic E-state index is 11.3. The van der Waals surface area contributed by atoms with Gasteiger partial charge in [0.05, 0.1) is 10.6 Å². The molecule has 1 aromatic heterocycles. The van der Waals surface area contributed by atoms with Crippen LogP contribution in [0.5, 0.6) is 0 Å². The fourth-order valence-corrected chi connectivity index (χ4v) is 3.19. The Kier molecular flexibility index (Phi) is 11.0. The molecule has 11 nitrogen and oxygen atoms in total. The van der Waals surface area contributed by atoms with Crippen LogP contribution in [-0.4, -0.2) is 69.1 Å². The molecular formula is C26H29N5O6. The van der Waals surface area contributed by atoms with Crippen molar-refractivity contribution < 1.29 is 24.7 Å². The van der Waals surface area contributed by atoms with Crippen LogP contribution in [0.1, 0.15) is 11.3 Å². The van der Waals surface area contributed by atoms with E-state index in [4.69, 9.17) is 20.2 Å². The van der Waals surface area contributed by atoms with Crippen LogP contribution in [-0.2, 0) is 16.1 Å². The van der Waals surface area contributed by atoms with Crippen LogP contribution in [0.2, 0.25) is 0 Å².